The number of carbonyl (C=O) groups excluding carboxylic acids is 1. The summed E-state index contributed by atoms with van der Waals surface area (Å²) in [6.45, 7) is 0.116. The second kappa shape index (κ2) is 9.36. The molecule has 0 aromatic heterocycles. The summed E-state index contributed by atoms with van der Waals surface area (Å²) in [7, 11) is -4.34. The van der Waals surface area contributed by atoms with Crippen LogP contribution in [0.1, 0.15) is 16.8 Å². The number of halogens is 3. The van der Waals surface area contributed by atoms with Gasteiger partial charge in [0.15, 0.2) is 0 Å². The number of nitrogens with zero attached hydrogens (tertiary/aromatic N) is 1. The predicted octanol–water partition coefficient (Wildman–Crippen LogP) is 2.64. The van der Waals surface area contributed by atoms with Crippen LogP contribution in [0.4, 0.5) is 14.5 Å². The zero-order valence-electron chi connectivity index (χ0n) is 15.6. The number of hydrogen-bond donors (Lipinski definition) is 2. The number of aliphatic hydroxyl groups is 1. The number of β-amino-alcohol motifs (C(OH)–C–C–N with tert-alkyl or cyclic N) is 1. The molecule has 0 bridgehead atoms. The molecule has 1 unspecified atom stereocenters. The molecular weight excluding hydrogens is 442 g/mol. The molecule has 2 N–H and O–H groups in total. The molecule has 1 saturated heterocycles. The molecule has 11 heteroatoms. The highest BCUT2D eigenvalue weighted by atomic mass is 35.5. The minimum Gasteiger partial charge on any atom is -0.392 e. The smallest absolute Gasteiger partial charge is 0.255 e. The second-order valence-electron chi connectivity index (χ2n) is 6.65. The Morgan fingerprint density at radius 1 is 1.17 bits per heavy atom. The van der Waals surface area contributed by atoms with Crippen molar-refractivity contribution in [3.05, 3.63) is 58.6 Å². The van der Waals surface area contributed by atoms with Gasteiger partial charge in [-0.15, -0.1) is 0 Å². The van der Waals surface area contributed by atoms with E-state index in [1.165, 1.54) is 12.1 Å². The molecule has 0 radical (unpaired) electrons. The molecule has 30 heavy (non-hydrogen) atoms. The van der Waals surface area contributed by atoms with E-state index in [9.17, 15) is 27.1 Å². The maximum atomic E-state index is 14.4. The molecule has 1 amide bonds. The van der Waals surface area contributed by atoms with Crippen LogP contribution < -0.4 is 5.32 Å². The SMILES string of the molecule is O=C(Nc1ccc(F)c(Cl)c1)c1ccc(F)c(S(=O)(=O)N2CCOCCC(O)C2)c1. The number of amides is 1. The molecule has 1 atom stereocenters. The number of sulfonamides is 1. The lowest BCUT2D eigenvalue weighted by Crippen LogP contribution is -2.42. The van der Waals surface area contributed by atoms with Crippen LogP contribution in [0.2, 0.25) is 5.02 Å². The molecule has 162 valence electrons. The van der Waals surface area contributed by atoms with Crippen LogP contribution in [0.25, 0.3) is 0 Å². The fourth-order valence-corrected chi connectivity index (χ4v) is 4.61. The summed E-state index contributed by atoms with van der Waals surface area (Å²) < 4.78 is 59.7. The van der Waals surface area contributed by atoms with E-state index in [1.807, 2.05) is 0 Å². The Bertz CT molecular complexity index is 1050. The number of anilines is 1. The normalized spacial score (nSPS) is 18.5. The highest BCUT2D eigenvalue weighted by molar-refractivity contribution is 7.89. The van der Waals surface area contributed by atoms with Gasteiger partial charge in [0.05, 0.1) is 17.7 Å². The largest absolute Gasteiger partial charge is 0.392 e. The third-order valence-electron chi connectivity index (χ3n) is 4.48. The number of carbonyl (C=O) groups is 1. The Labute approximate surface area is 177 Å². The van der Waals surface area contributed by atoms with E-state index < -0.39 is 38.6 Å². The molecular formula is C19H19ClF2N2O5S. The Hall–Kier alpha value is -2.11. The van der Waals surface area contributed by atoms with E-state index >= 15 is 0 Å². The average molecular weight is 461 g/mol. The van der Waals surface area contributed by atoms with Crippen molar-refractivity contribution in [3.8, 4) is 0 Å². The van der Waals surface area contributed by atoms with Gasteiger partial charge in [0.2, 0.25) is 10.0 Å². The molecule has 3 rings (SSSR count). The van der Waals surface area contributed by atoms with E-state index in [1.54, 1.807) is 0 Å². The number of nitrogens with one attached hydrogen (secondary N) is 1. The molecule has 2 aromatic rings. The van der Waals surface area contributed by atoms with Gasteiger partial charge in [-0.2, -0.15) is 4.31 Å². The standard InChI is InChI=1S/C19H19ClF2N2O5S/c20-15-10-13(2-4-16(15)21)23-19(26)12-1-3-17(22)18(9-12)30(27,28)24-6-8-29-7-5-14(25)11-24/h1-4,9-10,14,25H,5-8,11H2,(H,23,26). The lowest BCUT2D eigenvalue weighted by atomic mass is 10.2. The van der Waals surface area contributed by atoms with Gasteiger partial charge in [-0.3, -0.25) is 4.79 Å². The van der Waals surface area contributed by atoms with Gasteiger partial charge in [-0.1, -0.05) is 11.6 Å². The predicted molar refractivity (Wildman–Crippen MR) is 106 cm³/mol. The highest BCUT2D eigenvalue weighted by Crippen LogP contribution is 2.24. The van der Waals surface area contributed by atoms with Crippen molar-refractivity contribution < 1.29 is 31.8 Å². The van der Waals surface area contributed by atoms with Gasteiger partial charge >= 0.3 is 0 Å². The Morgan fingerprint density at radius 3 is 2.63 bits per heavy atom. The zero-order chi connectivity index (χ0) is 21.9. The maximum absolute atomic E-state index is 14.4. The van der Waals surface area contributed by atoms with Crippen LogP contribution in [0, 0.1) is 11.6 Å². The quantitative estimate of drug-likeness (QED) is 0.731. The summed E-state index contributed by atoms with van der Waals surface area (Å²) in [6, 6.07) is 6.45. The molecule has 0 saturated carbocycles. The van der Waals surface area contributed by atoms with Crippen molar-refractivity contribution >= 4 is 33.2 Å². The fraction of sp³-hybridized carbons (Fsp3) is 0.316. The maximum Gasteiger partial charge on any atom is 0.255 e. The van der Waals surface area contributed by atoms with E-state index in [4.69, 9.17) is 16.3 Å². The summed E-state index contributed by atoms with van der Waals surface area (Å²) in [5.41, 5.74) is 0.0587. The molecule has 0 aliphatic carbocycles. The van der Waals surface area contributed by atoms with Crippen LogP contribution in [0.3, 0.4) is 0 Å². The lowest BCUT2D eigenvalue weighted by molar-refractivity contribution is 0.0423. The highest BCUT2D eigenvalue weighted by Gasteiger charge is 2.31. The first-order valence-corrected chi connectivity index (χ1v) is 10.8. The number of hydrogen-bond acceptors (Lipinski definition) is 5. The van der Waals surface area contributed by atoms with Crippen molar-refractivity contribution in [1.82, 2.24) is 4.31 Å². The number of benzene rings is 2. The van der Waals surface area contributed by atoms with Gasteiger partial charge in [0.1, 0.15) is 16.5 Å². The van der Waals surface area contributed by atoms with Crippen molar-refractivity contribution in [2.45, 2.75) is 17.4 Å². The number of rotatable bonds is 4. The monoisotopic (exact) mass is 460 g/mol. The van der Waals surface area contributed by atoms with Gasteiger partial charge in [-0.05, 0) is 42.8 Å². The summed E-state index contributed by atoms with van der Waals surface area (Å²) in [5, 5.41) is 12.2. The van der Waals surface area contributed by atoms with Crippen LogP contribution in [0.15, 0.2) is 41.3 Å². The van der Waals surface area contributed by atoms with Crippen molar-refractivity contribution in [2.75, 3.05) is 31.6 Å². The van der Waals surface area contributed by atoms with Crippen molar-refractivity contribution in [3.63, 3.8) is 0 Å². The number of ether oxygens (including phenoxy) is 1. The van der Waals surface area contributed by atoms with E-state index in [0.717, 1.165) is 28.6 Å². The van der Waals surface area contributed by atoms with E-state index in [0.29, 0.717) is 6.61 Å². The summed E-state index contributed by atoms with van der Waals surface area (Å²) in [5.74, 6) is -2.43. The van der Waals surface area contributed by atoms with E-state index in [-0.39, 0.29) is 42.4 Å². The molecule has 1 aliphatic rings. The zero-order valence-corrected chi connectivity index (χ0v) is 17.2. The van der Waals surface area contributed by atoms with Crippen LogP contribution in [-0.4, -0.2) is 56.1 Å². The fourth-order valence-electron chi connectivity index (χ4n) is 2.88. The summed E-state index contributed by atoms with van der Waals surface area (Å²) in [6.07, 6.45) is -0.713. The third-order valence-corrected chi connectivity index (χ3v) is 6.65. The molecule has 2 aromatic carbocycles. The molecule has 1 aliphatic heterocycles. The minimum atomic E-state index is -4.34. The average Bonchev–Trinajstić information content (AvgIpc) is 2.67. The topological polar surface area (TPSA) is 95.9 Å². The Balaban J connectivity index is 1.87. The van der Waals surface area contributed by atoms with Crippen LogP contribution >= 0.6 is 11.6 Å². The molecule has 7 nitrogen and oxygen atoms in total. The molecule has 1 heterocycles. The van der Waals surface area contributed by atoms with Crippen LogP contribution in [-0.2, 0) is 14.8 Å². The first-order valence-electron chi connectivity index (χ1n) is 9.00. The van der Waals surface area contributed by atoms with Crippen LogP contribution in [0.5, 0.6) is 0 Å². The summed E-state index contributed by atoms with van der Waals surface area (Å²) >= 11 is 5.68. The number of aliphatic hydroxyl groups excluding tert-OH is 1. The second-order valence-corrected chi connectivity index (χ2v) is 8.96. The Kier molecular flexibility index (Phi) is 7.04. The van der Waals surface area contributed by atoms with E-state index in [2.05, 4.69) is 5.32 Å². The van der Waals surface area contributed by atoms with Gasteiger partial charge in [-0.25, -0.2) is 17.2 Å². The minimum absolute atomic E-state index is 0.0661. The summed E-state index contributed by atoms with van der Waals surface area (Å²) in [4.78, 5) is 11.8. The lowest BCUT2D eigenvalue weighted by Gasteiger charge is -2.27. The van der Waals surface area contributed by atoms with Gasteiger partial charge in [0.25, 0.3) is 5.91 Å². The van der Waals surface area contributed by atoms with Crippen molar-refractivity contribution in [2.24, 2.45) is 0 Å². The third kappa shape index (κ3) is 5.13. The van der Waals surface area contributed by atoms with Gasteiger partial charge < -0.3 is 15.2 Å². The molecule has 1 fully saturated rings. The molecule has 0 spiro atoms. The van der Waals surface area contributed by atoms with Crippen molar-refractivity contribution in [1.29, 1.82) is 0 Å². The first-order chi connectivity index (χ1) is 14.2. The Morgan fingerprint density at radius 2 is 1.90 bits per heavy atom. The first kappa shape index (κ1) is 22.6. The van der Waals surface area contributed by atoms with Gasteiger partial charge in [0, 0.05) is 30.9 Å².